The van der Waals surface area contributed by atoms with Gasteiger partial charge in [-0.2, -0.15) is 0 Å². The van der Waals surface area contributed by atoms with Crippen LogP contribution < -0.4 is 4.74 Å². The van der Waals surface area contributed by atoms with Gasteiger partial charge in [0, 0.05) is 13.1 Å². The predicted octanol–water partition coefficient (Wildman–Crippen LogP) is 2.57. The lowest BCUT2D eigenvalue weighted by Crippen LogP contribution is -2.30. The summed E-state index contributed by atoms with van der Waals surface area (Å²) in [6.07, 6.45) is 0.424. The monoisotopic (exact) mass is 279 g/mol. The van der Waals surface area contributed by atoms with E-state index in [1.54, 1.807) is 0 Å². The van der Waals surface area contributed by atoms with E-state index in [1.165, 1.54) is 18.2 Å². The van der Waals surface area contributed by atoms with Crippen LogP contribution in [0.4, 0.5) is 0 Å². The summed E-state index contributed by atoms with van der Waals surface area (Å²) in [4.78, 5) is 13.3. The Morgan fingerprint density at radius 1 is 1.15 bits per heavy atom. The number of ether oxygens (including phenoxy) is 2. The van der Waals surface area contributed by atoms with E-state index >= 15 is 0 Å². The summed E-state index contributed by atoms with van der Waals surface area (Å²) in [5.74, 6) is 0.741. The van der Waals surface area contributed by atoms with Gasteiger partial charge >= 0.3 is 5.97 Å². The van der Waals surface area contributed by atoms with Crippen molar-refractivity contribution in [2.45, 2.75) is 27.2 Å². The molecule has 1 aromatic carbocycles. The number of esters is 1. The second kappa shape index (κ2) is 8.59. The van der Waals surface area contributed by atoms with Gasteiger partial charge in [0.15, 0.2) is 0 Å². The molecule has 1 aromatic rings. The molecule has 0 saturated carbocycles. The van der Waals surface area contributed by atoms with E-state index < -0.39 is 0 Å². The molecule has 0 heterocycles. The number of hydrogen-bond donors (Lipinski definition) is 0. The number of carbonyl (C=O) groups excluding carboxylic acids is 1. The number of nitrogens with zero attached hydrogens (tertiary/aromatic N) is 1. The van der Waals surface area contributed by atoms with Crippen LogP contribution in [0.2, 0.25) is 0 Å². The molecule has 0 aliphatic heterocycles. The van der Waals surface area contributed by atoms with Gasteiger partial charge in [0.2, 0.25) is 0 Å². The minimum absolute atomic E-state index is 0.168. The number of likely N-dealkylation sites (N-methyl/N-ethyl adjacent to an activating group) is 1. The molecule has 0 aliphatic rings. The third-order valence-electron chi connectivity index (χ3n) is 3.18. The second-order valence-electron chi connectivity index (χ2n) is 4.93. The second-order valence-corrected chi connectivity index (χ2v) is 4.93. The Morgan fingerprint density at radius 3 is 2.35 bits per heavy atom. The highest BCUT2D eigenvalue weighted by Crippen LogP contribution is 2.16. The zero-order valence-electron chi connectivity index (χ0n) is 12.9. The Morgan fingerprint density at radius 2 is 1.80 bits per heavy atom. The summed E-state index contributed by atoms with van der Waals surface area (Å²) < 4.78 is 10.4. The summed E-state index contributed by atoms with van der Waals surface area (Å²) in [6.45, 7) is 9.24. The minimum atomic E-state index is -0.168. The fourth-order valence-corrected chi connectivity index (χ4v) is 2.09. The van der Waals surface area contributed by atoms with Crippen molar-refractivity contribution in [1.82, 2.24) is 4.90 Å². The largest absolute Gasteiger partial charge is 0.492 e. The number of carbonyl (C=O) groups is 1. The van der Waals surface area contributed by atoms with E-state index in [-0.39, 0.29) is 5.97 Å². The first-order valence-electron chi connectivity index (χ1n) is 7.05. The third kappa shape index (κ3) is 6.06. The van der Waals surface area contributed by atoms with Gasteiger partial charge < -0.3 is 9.47 Å². The molecule has 0 atom stereocenters. The van der Waals surface area contributed by atoms with Gasteiger partial charge in [-0.05, 0) is 43.7 Å². The average molecular weight is 279 g/mol. The van der Waals surface area contributed by atoms with Crippen molar-refractivity contribution < 1.29 is 14.3 Å². The normalized spacial score (nSPS) is 10.7. The Labute approximate surface area is 121 Å². The van der Waals surface area contributed by atoms with Crippen molar-refractivity contribution in [2.75, 3.05) is 33.4 Å². The van der Waals surface area contributed by atoms with Crippen LogP contribution in [0, 0.1) is 13.8 Å². The van der Waals surface area contributed by atoms with Crippen LogP contribution in [0.5, 0.6) is 5.75 Å². The maximum Gasteiger partial charge on any atom is 0.306 e. The average Bonchev–Trinajstić information content (AvgIpc) is 2.41. The maximum atomic E-state index is 11.1. The van der Waals surface area contributed by atoms with Crippen molar-refractivity contribution in [1.29, 1.82) is 0 Å². The van der Waals surface area contributed by atoms with Crippen molar-refractivity contribution in [3.63, 3.8) is 0 Å². The van der Waals surface area contributed by atoms with Crippen molar-refractivity contribution >= 4 is 5.97 Å². The van der Waals surface area contributed by atoms with Crippen LogP contribution in [0.1, 0.15) is 24.5 Å². The number of rotatable bonds is 8. The van der Waals surface area contributed by atoms with Gasteiger partial charge in [0.1, 0.15) is 12.4 Å². The Bertz CT molecular complexity index is 411. The molecule has 4 nitrogen and oxygen atoms in total. The van der Waals surface area contributed by atoms with Crippen molar-refractivity contribution in [3.05, 3.63) is 29.3 Å². The first-order chi connectivity index (χ1) is 9.55. The SMILES string of the molecule is CCN(CCOc1cc(C)cc(C)c1)CCC(=O)OC. The number of methoxy groups -OCH3 is 1. The van der Waals surface area contributed by atoms with Crippen molar-refractivity contribution in [2.24, 2.45) is 0 Å². The lowest BCUT2D eigenvalue weighted by atomic mass is 10.1. The summed E-state index contributed by atoms with van der Waals surface area (Å²) in [5.41, 5.74) is 2.41. The fourth-order valence-electron chi connectivity index (χ4n) is 2.09. The molecule has 0 amide bonds. The molecule has 0 bridgehead atoms. The van der Waals surface area contributed by atoms with E-state index in [0.717, 1.165) is 18.8 Å². The highest BCUT2D eigenvalue weighted by atomic mass is 16.5. The first-order valence-corrected chi connectivity index (χ1v) is 7.05. The number of hydrogen-bond acceptors (Lipinski definition) is 4. The van der Waals surface area contributed by atoms with Crippen LogP contribution in [-0.2, 0) is 9.53 Å². The van der Waals surface area contributed by atoms with Crippen LogP contribution in [0.25, 0.3) is 0 Å². The van der Waals surface area contributed by atoms with Gasteiger partial charge in [-0.1, -0.05) is 13.0 Å². The summed E-state index contributed by atoms with van der Waals surface area (Å²) in [6, 6.07) is 6.21. The molecule has 0 N–H and O–H groups in total. The summed E-state index contributed by atoms with van der Waals surface area (Å²) in [5, 5.41) is 0. The molecule has 20 heavy (non-hydrogen) atoms. The predicted molar refractivity (Wildman–Crippen MR) is 80.2 cm³/mol. The van der Waals surface area contributed by atoms with E-state index in [9.17, 15) is 4.79 Å². The molecule has 4 heteroatoms. The Hall–Kier alpha value is -1.55. The lowest BCUT2D eigenvalue weighted by Gasteiger charge is -2.20. The van der Waals surface area contributed by atoms with Crippen LogP contribution in [-0.4, -0.2) is 44.2 Å². The molecular formula is C16H25NO3. The maximum absolute atomic E-state index is 11.1. The number of benzene rings is 1. The van der Waals surface area contributed by atoms with Gasteiger partial charge in [-0.3, -0.25) is 9.69 Å². The molecule has 0 aromatic heterocycles. The third-order valence-corrected chi connectivity index (χ3v) is 3.18. The fraction of sp³-hybridized carbons (Fsp3) is 0.562. The van der Waals surface area contributed by atoms with Crippen LogP contribution >= 0.6 is 0 Å². The van der Waals surface area contributed by atoms with Gasteiger partial charge in [-0.25, -0.2) is 0 Å². The minimum Gasteiger partial charge on any atom is -0.492 e. The topological polar surface area (TPSA) is 38.8 Å². The van der Waals surface area contributed by atoms with Gasteiger partial charge in [0.25, 0.3) is 0 Å². The van der Waals surface area contributed by atoms with Gasteiger partial charge in [0.05, 0.1) is 13.5 Å². The Balaban J connectivity index is 2.35. The standard InChI is InChI=1S/C16H25NO3/c1-5-17(7-6-16(18)19-4)8-9-20-15-11-13(2)10-14(3)12-15/h10-12H,5-9H2,1-4H3. The molecule has 0 aliphatic carbocycles. The van der Waals surface area contributed by atoms with E-state index in [0.29, 0.717) is 19.6 Å². The highest BCUT2D eigenvalue weighted by Gasteiger charge is 2.07. The quantitative estimate of drug-likeness (QED) is 0.686. The lowest BCUT2D eigenvalue weighted by molar-refractivity contribution is -0.141. The van der Waals surface area contributed by atoms with E-state index in [4.69, 9.17) is 4.74 Å². The van der Waals surface area contributed by atoms with Crippen molar-refractivity contribution in [3.8, 4) is 5.75 Å². The smallest absolute Gasteiger partial charge is 0.306 e. The van der Waals surface area contributed by atoms with Crippen LogP contribution in [0.15, 0.2) is 18.2 Å². The summed E-state index contributed by atoms with van der Waals surface area (Å²) >= 11 is 0. The molecular weight excluding hydrogens is 254 g/mol. The molecule has 1 rings (SSSR count). The zero-order valence-corrected chi connectivity index (χ0v) is 12.9. The molecule has 0 saturated heterocycles. The zero-order chi connectivity index (χ0) is 15.0. The highest BCUT2D eigenvalue weighted by molar-refractivity contribution is 5.69. The molecule has 0 spiro atoms. The van der Waals surface area contributed by atoms with Gasteiger partial charge in [-0.15, -0.1) is 0 Å². The Kier molecular flexibility index (Phi) is 7.09. The molecule has 112 valence electrons. The van der Waals surface area contributed by atoms with E-state index in [1.807, 2.05) is 12.1 Å². The first kappa shape index (κ1) is 16.5. The number of aryl methyl sites for hydroxylation is 2. The molecule has 0 radical (unpaired) electrons. The summed E-state index contributed by atoms with van der Waals surface area (Å²) in [7, 11) is 1.42. The molecule has 0 unspecified atom stereocenters. The van der Waals surface area contributed by atoms with E-state index in [2.05, 4.69) is 36.5 Å². The molecule has 0 fully saturated rings. The van der Waals surface area contributed by atoms with Crippen LogP contribution in [0.3, 0.4) is 0 Å².